The number of nitrogens with one attached hydrogen (secondary N) is 1. The standard InChI is InChI=1S/C23H23F4N5O4S/c1-36-22-14(12-31(30-22)18-6-2-15(3-7-18)23(25,26)27)11-29-21(33)20-10-17(28)13-32(20)37(34,35)19-8-4-16(24)5-9-19/h2-9,12,17,20H,10-11,13,28H2,1H3,(H,29,33)/t17-,20+/m1/s1. The number of nitrogens with zero attached hydrogens (tertiary/aromatic N) is 3. The molecule has 2 heterocycles. The van der Waals surface area contributed by atoms with Crippen molar-refractivity contribution in [2.45, 2.75) is 36.1 Å². The van der Waals surface area contributed by atoms with Gasteiger partial charge in [0, 0.05) is 25.3 Å². The van der Waals surface area contributed by atoms with Gasteiger partial charge in [0.2, 0.25) is 21.8 Å². The molecule has 1 fully saturated rings. The van der Waals surface area contributed by atoms with Gasteiger partial charge in [0.15, 0.2) is 0 Å². The fourth-order valence-corrected chi connectivity index (χ4v) is 5.66. The predicted molar refractivity (Wildman–Crippen MR) is 124 cm³/mol. The summed E-state index contributed by atoms with van der Waals surface area (Å²) in [4.78, 5) is 12.8. The molecular weight excluding hydrogens is 518 g/mol. The van der Waals surface area contributed by atoms with Gasteiger partial charge in [-0.15, -0.1) is 5.10 Å². The number of carbonyl (C=O) groups excluding carboxylic acids is 1. The number of benzene rings is 2. The highest BCUT2D eigenvalue weighted by atomic mass is 32.2. The second-order valence-electron chi connectivity index (χ2n) is 8.41. The highest BCUT2D eigenvalue weighted by Gasteiger charge is 2.42. The Hall–Kier alpha value is -3.49. The average molecular weight is 542 g/mol. The van der Waals surface area contributed by atoms with Gasteiger partial charge in [-0.1, -0.05) is 0 Å². The maximum atomic E-state index is 13.3. The second kappa shape index (κ2) is 10.1. The molecule has 3 aromatic rings. The molecule has 0 unspecified atom stereocenters. The third kappa shape index (κ3) is 5.60. The van der Waals surface area contributed by atoms with E-state index in [0.29, 0.717) is 11.3 Å². The normalized spacial score (nSPS) is 18.6. The van der Waals surface area contributed by atoms with Crippen LogP contribution in [0.3, 0.4) is 0 Å². The number of hydrogen-bond acceptors (Lipinski definition) is 6. The number of rotatable bonds is 7. The monoisotopic (exact) mass is 541 g/mol. The van der Waals surface area contributed by atoms with E-state index in [1.54, 1.807) is 0 Å². The molecule has 0 spiro atoms. The Bertz CT molecular complexity index is 1380. The summed E-state index contributed by atoms with van der Waals surface area (Å²) in [6.07, 6.45) is -2.92. The minimum absolute atomic E-state index is 0.0776. The lowest BCUT2D eigenvalue weighted by molar-refractivity contribution is -0.137. The van der Waals surface area contributed by atoms with Crippen molar-refractivity contribution < 1.29 is 35.5 Å². The molecule has 0 bridgehead atoms. The van der Waals surface area contributed by atoms with Gasteiger partial charge in [0.05, 0.1) is 28.8 Å². The molecule has 9 nitrogen and oxygen atoms in total. The summed E-state index contributed by atoms with van der Waals surface area (Å²) >= 11 is 0. The number of ether oxygens (including phenoxy) is 1. The van der Waals surface area contributed by atoms with E-state index in [9.17, 15) is 30.8 Å². The van der Waals surface area contributed by atoms with Gasteiger partial charge in [0.1, 0.15) is 11.9 Å². The van der Waals surface area contributed by atoms with Gasteiger partial charge < -0.3 is 15.8 Å². The summed E-state index contributed by atoms with van der Waals surface area (Å²) < 4.78 is 85.5. The van der Waals surface area contributed by atoms with E-state index < -0.39 is 45.6 Å². The Morgan fingerprint density at radius 2 is 1.81 bits per heavy atom. The SMILES string of the molecule is COc1nn(-c2ccc(C(F)(F)F)cc2)cc1CNC(=O)[C@@H]1C[C@@H](N)CN1S(=O)(=O)c1ccc(F)cc1. The van der Waals surface area contributed by atoms with Crippen LogP contribution in [0.15, 0.2) is 59.6 Å². The molecule has 1 aromatic heterocycles. The third-order valence-electron chi connectivity index (χ3n) is 5.87. The van der Waals surface area contributed by atoms with Crippen molar-refractivity contribution in [1.82, 2.24) is 19.4 Å². The van der Waals surface area contributed by atoms with E-state index >= 15 is 0 Å². The van der Waals surface area contributed by atoms with Crippen molar-refractivity contribution in [3.05, 3.63) is 71.7 Å². The smallest absolute Gasteiger partial charge is 0.416 e. The fourth-order valence-electron chi connectivity index (χ4n) is 4.01. The van der Waals surface area contributed by atoms with Crippen LogP contribution in [-0.2, 0) is 27.5 Å². The number of nitrogens with two attached hydrogens (primary N) is 1. The van der Waals surface area contributed by atoms with Gasteiger partial charge in [-0.2, -0.15) is 17.5 Å². The molecule has 0 saturated carbocycles. The summed E-state index contributed by atoms with van der Waals surface area (Å²) in [5.74, 6) is -1.08. The van der Waals surface area contributed by atoms with Gasteiger partial charge in [-0.3, -0.25) is 4.79 Å². The first-order valence-electron chi connectivity index (χ1n) is 11.0. The maximum Gasteiger partial charge on any atom is 0.416 e. The molecular formula is C23H23F4N5O4S. The zero-order valence-corrected chi connectivity index (χ0v) is 20.3. The van der Waals surface area contributed by atoms with E-state index in [4.69, 9.17) is 10.5 Å². The molecule has 1 aliphatic heterocycles. The van der Waals surface area contributed by atoms with Gasteiger partial charge in [0.25, 0.3) is 0 Å². The molecule has 0 aliphatic carbocycles. The summed E-state index contributed by atoms with van der Waals surface area (Å²) in [6.45, 7) is -0.189. The van der Waals surface area contributed by atoms with Crippen LogP contribution in [-0.4, -0.2) is 54.1 Å². The van der Waals surface area contributed by atoms with Crippen LogP contribution < -0.4 is 15.8 Å². The largest absolute Gasteiger partial charge is 0.480 e. The van der Waals surface area contributed by atoms with Gasteiger partial charge in [-0.05, 0) is 55.0 Å². The summed E-state index contributed by atoms with van der Waals surface area (Å²) in [7, 11) is -2.77. The van der Waals surface area contributed by atoms with Crippen LogP contribution in [0.2, 0.25) is 0 Å². The van der Waals surface area contributed by atoms with Crippen molar-refractivity contribution in [1.29, 1.82) is 0 Å². The zero-order chi connectivity index (χ0) is 27.0. The molecule has 2 aromatic carbocycles. The third-order valence-corrected chi connectivity index (χ3v) is 7.76. The molecule has 14 heteroatoms. The van der Waals surface area contributed by atoms with E-state index in [0.717, 1.165) is 40.7 Å². The van der Waals surface area contributed by atoms with Crippen molar-refractivity contribution in [2.75, 3.05) is 13.7 Å². The number of aromatic nitrogens is 2. The molecule has 37 heavy (non-hydrogen) atoms. The van der Waals surface area contributed by atoms with E-state index in [2.05, 4.69) is 10.4 Å². The van der Waals surface area contributed by atoms with E-state index in [1.165, 1.54) is 30.1 Å². The van der Waals surface area contributed by atoms with Crippen molar-refractivity contribution in [3.63, 3.8) is 0 Å². The molecule has 1 amide bonds. The summed E-state index contributed by atoms with van der Waals surface area (Å²) in [6, 6.07) is 6.91. The van der Waals surface area contributed by atoms with Gasteiger partial charge >= 0.3 is 6.18 Å². The van der Waals surface area contributed by atoms with Crippen LogP contribution in [0.25, 0.3) is 5.69 Å². The van der Waals surface area contributed by atoms with E-state index in [1.807, 2.05) is 0 Å². The highest BCUT2D eigenvalue weighted by molar-refractivity contribution is 7.89. The quantitative estimate of drug-likeness (QED) is 0.444. The lowest BCUT2D eigenvalue weighted by atomic mass is 10.1. The number of methoxy groups -OCH3 is 1. The maximum absolute atomic E-state index is 13.3. The number of carbonyl (C=O) groups is 1. The zero-order valence-electron chi connectivity index (χ0n) is 19.4. The van der Waals surface area contributed by atoms with Crippen molar-refractivity contribution in [2.24, 2.45) is 5.73 Å². The molecule has 3 N–H and O–H groups in total. The predicted octanol–water partition coefficient (Wildman–Crippen LogP) is 2.45. The number of alkyl halides is 3. The lowest BCUT2D eigenvalue weighted by Crippen LogP contribution is -2.45. The Labute approximate surface area is 209 Å². The number of amides is 1. The van der Waals surface area contributed by atoms with Crippen molar-refractivity contribution in [3.8, 4) is 11.6 Å². The van der Waals surface area contributed by atoms with Crippen LogP contribution in [0, 0.1) is 5.82 Å². The lowest BCUT2D eigenvalue weighted by Gasteiger charge is -2.23. The summed E-state index contributed by atoms with van der Waals surface area (Å²) in [5.41, 5.74) is 5.90. The fraction of sp³-hybridized carbons (Fsp3) is 0.304. The van der Waals surface area contributed by atoms with Crippen LogP contribution in [0.5, 0.6) is 5.88 Å². The highest BCUT2D eigenvalue weighted by Crippen LogP contribution is 2.30. The molecule has 198 valence electrons. The first-order valence-corrected chi connectivity index (χ1v) is 12.4. The number of halogens is 4. The molecule has 1 saturated heterocycles. The van der Waals surface area contributed by atoms with Crippen LogP contribution in [0.1, 0.15) is 17.5 Å². The average Bonchev–Trinajstić information content (AvgIpc) is 3.46. The second-order valence-corrected chi connectivity index (χ2v) is 10.3. The first-order chi connectivity index (χ1) is 17.4. The molecule has 1 aliphatic rings. The topological polar surface area (TPSA) is 120 Å². The molecule has 4 rings (SSSR count). The first kappa shape index (κ1) is 26.6. The Morgan fingerprint density at radius 3 is 2.41 bits per heavy atom. The minimum atomic E-state index is -4.48. The summed E-state index contributed by atoms with van der Waals surface area (Å²) in [5, 5.41) is 6.83. The number of hydrogen-bond donors (Lipinski definition) is 2. The molecule has 2 atom stereocenters. The van der Waals surface area contributed by atoms with Crippen LogP contribution in [0.4, 0.5) is 17.6 Å². The minimum Gasteiger partial charge on any atom is -0.480 e. The Kier molecular flexibility index (Phi) is 7.26. The van der Waals surface area contributed by atoms with E-state index in [-0.39, 0.29) is 30.3 Å². The molecule has 0 radical (unpaired) electrons. The Balaban J connectivity index is 1.50. The number of sulfonamides is 1. The van der Waals surface area contributed by atoms with Crippen molar-refractivity contribution >= 4 is 15.9 Å². The Morgan fingerprint density at radius 1 is 1.16 bits per heavy atom. The van der Waals surface area contributed by atoms with Gasteiger partial charge in [-0.25, -0.2) is 17.5 Å². The van der Waals surface area contributed by atoms with Crippen LogP contribution >= 0.6 is 0 Å².